The van der Waals surface area contributed by atoms with Crippen LogP contribution in [-0.2, 0) is 0 Å². The van der Waals surface area contributed by atoms with E-state index in [-0.39, 0.29) is 19.1 Å². The maximum absolute atomic E-state index is 9.28. The largest absolute Gasteiger partial charge is 0.394 e. The van der Waals surface area contributed by atoms with Crippen molar-refractivity contribution >= 4 is 33.3 Å². The molecule has 0 radical (unpaired) electrons. The van der Waals surface area contributed by atoms with Crippen LogP contribution in [0.3, 0.4) is 0 Å². The fourth-order valence-electron chi connectivity index (χ4n) is 1.47. The van der Waals surface area contributed by atoms with Gasteiger partial charge in [-0.25, -0.2) is 4.98 Å². The molecular formula is C10H14N4O2S. The van der Waals surface area contributed by atoms with Gasteiger partial charge in [0.1, 0.15) is 10.6 Å². The van der Waals surface area contributed by atoms with E-state index in [1.165, 1.54) is 11.3 Å². The second-order valence-electron chi connectivity index (χ2n) is 3.72. The monoisotopic (exact) mass is 254 g/mol. The van der Waals surface area contributed by atoms with Crippen LogP contribution in [0.1, 0.15) is 4.88 Å². The number of hydrogen-bond acceptors (Lipinski definition) is 7. The molecule has 0 amide bonds. The summed E-state index contributed by atoms with van der Waals surface area (Å²) in [7, 11) is 0. The molecule has 2 rings (SSSR count). The maximum Gasteiger partial charge on any atom is 0.223 e. The van der Waals surface area contributed by atoms with Crippen LogP contribution in [0, 0.1) is 6.92 Å². The first-order valence-electron chi connectivity index (χ1n) is 5.16. The molecule has 0 saturated carbocycles. The minimum atomic E-state index is -0.819. The molecule has 1 unspecified atom stereocenters. The lowest BCUT2D eigenvalue weighted by molar-refractivity contribution is 0.105. The van der Waals surface area contributed by atoms with Crippen LogP contribution in [0.15, 0.2) is 6.07 Å². The van der Waals surface area contributed by atoms with E-state index < -0.39 is 6.10 Å². The lowest BCUT2D eigenvalue weighted by Gasteiger charge is -2.10. The Kier molecular flexibility index (Phi) is 3.41. The molecular weight excluding hydrogens is 240 g/mol. The lowest BCUT2D eigenvalue weighted by atomic mass is 10.3. The van der Waals surface area contributed by atoms with Crippen LogP contribution in [0.25, 0.3) is 10.2 Å². The summed E-state index contributed by atoms with van der Waals surface area (Å²) in [6.07, 6.45) is -0.819. The number of aryl methyl sites for hydroxylation is 1. The van der Waals surface area contributed by atoms with Crippen LogP contribution in [0.2, 0.25) is 0 Å². The minimum absolute atomic E-state index is 0.195. The molecule has 0 saturated heterocycles. The smallest absolute Gasteiger partial charge is 0.223 e. The third-order valence-electron chi connectivity index (χ3n) is 2.25. The van der Waals surface area contributed by atoms with E-state index in [0.717, 1.165) is 15.1 Å². The van der Waals surface area contributed by atoms with Gasteiger partial charge in [-0.3, -0.25) is 0 Å². The van der Waals surface area contributed by atoms with Crippen LogP contribution < -0.4 is 11.1 Å². The summed E-state index contributed by atoms with van der Waals surface area (Å²) >= 11 is 1.54. The Morgan fingerprint density at radius 1 is 1.53 bits per heavy atom. The molecule has 0 spiro atoms. The zero-order valence-electron chi connectivity index (χ0n) is 9.34. The third kappa shape index (κ3) is 2.63. The number of fused-ring (bicyclic) bond motifs is 1. The molecule has 0 bridgehead atoms. The number of anilines is 2. The van der Waals surface area contributed by atoms with Crippen molar-refractivity contribution < 1.29 is 10.2 Å². The van der Waals surface area contributed by atoms with E-state index in [9.17, 15) is 5.11 Å². The van der Waals surface area contributed by atoms with Gasteiger partial charge in [0.2, 0.25) is 5.95 Å². The third-order valence-corrected chi connectivity index (χ3v) is 3.19. The van der Waals surface area contributed by atoms with Gasteiger partial charge in [-0.05, 0) is 13.0 Å². The van der Waals surface area contributed by atoms with E-state index in [1.54, 1.807) is 0 Å². The Labute approximate surface area is 102 Å². The topological polar surface area (TPSA) is 104 Å². The van der Waals surface area contributed by atoms with Gasteiger partial charge in [0.25, 0.3) is 0 Å². The van der Waals surface area contributed by atoms with Crippen molar-refractivity contribution in [3.63, 3.8) is 0 Å². The first-order valence-corrected chi connectivity index (χ1v) is 5.98. The van der Waals surface area contributed by atoms with E-state index in [0.29, 0.717) is 5.82 Å². The maximum atomic E-state index is 9.28. The number of nitrogens with zero attached hydrogens (tertiary/aromatic N) is 2. The quantitative estimate of drug-likeness (QED) is 0.627. The SMILES string of the molecule is Cc1cc2c(NCC(O)CO)nc(N)nc2s1. The number of aliphatic hydroxyl groups is 2. The average molecular weight is 254 g/mol. The molecule has 0 aliphatic rings. The summed E-state index contributed by atoms with van der Waals surface area (Å²) in [6.45, 7) is 1.91. The highest BCUT2D eigenvalue weighted by Gasteiger charge is 2.10. The van der Waals surface area contributed by atoms with Crippen molar-refractivity contribution in [2.45, 2.75) is 13.0 Å². The molecule has 0 aliphatic heterocycles. The van der Waals surface area contributed by atoms with E-state index >= 15 is 0 Å². The van der Waals surface area contributed by atoms with Gasteiger partial charge in [-0.1, -0.05) is 0 Å². The second-order valence-corrected chi connectivity index (χ2v) is 4.96. The van der Waals surface area contributed by atoms with Crippen LogP contribution in [0.4, 0.5) is 11.8 Å². The Morgan fingerprint density at radius 3 is 3.00 bits per heavy atom. The van der Waals surface area contributed by atoms with Gasteiger partial charge >= 0.3 is 0 Å². The highest BCUT2D eigenvalue weighted by atomic mass is 32.1. The van der Waals surface area contributed by atoms with Crippen molar-refractivity contribution in [2.24, 2.45) is 0 Å². The van der Waals surface area contributed by atoms with Gasteiger partial charge in [0, 0.05) is 11.4 Å². The first kappa shape index (κ1) is 12.0. The Bertz CT molecular complexity index is 528. The normalized spacial score (nSPS) is 12.9. The predicted octanol–water partition coefficient (Wildman–Crippen LogP) is 0.347. The molecule has 2 aromatic rings. The number of thiophene rings is 1. The van der Waals surface area contributed by atoms with Crippen molar-refractivity contribution in [3.8, 4) is 0 Å². The van der Waals surface area contributed by atoms with Gasteiger partial charge in [-0.15, -0.1) is 11.3 Å². The van der Waals surface area contributed by atoms with E-state index in [2.05, 4.69) is 15.3 Å². The summed E-state index contributed by atoms with van der Waals surface area (Å²) < 4.78 is 0. The number of hydrogen-bond donors (Lipinski definition) is 4. The zero-order valence-corrected chi connectivity index (χ0v) is 10.2. The average Bonchev–Trinajstić information content (AvgIpc) is 2.65. The van der Waals surface area contributed by atoms with Crippen LogP contribution in [-0.4, -0.2) is 39.4 Å². The van der Waals surface area contributed by atoms with Crippen LogP contribution in [0.5, 0.6) is 0 Å². The molecule has 0 aromatic carbocycles. The molecule has 2 aromatic heterocycles. The van der Waals surface area contributed by atoms with Crippen LogP contribution >= 0.6 is 11.3 Å². The molecule has 2 heterocycles. The summed E-state index contributed by atoms with van der Waals surface area (Å²) in [6, 6.07) is 1.97. The number of nitrogens with two attached hydrogens (primary N) is 1. The molecule has 92 valence electrons. The van der Waals surface area contributed by atoms with E-state index in [4.69, 9.17) is 10.8 Å². The minimum Gasteiger partial charge on any atom is -0.394 e. The highest BCUT2D eigenvalue weighted by Crippen LogP contribution is 2.28. The summed E-state index contributed by atoms with van der Waals surface area (Å²) in [5.41, 5.74) is 5.61. The molecule has 17 heavy (non-hydrogen) atoms. The summed E-state index contributed by atoms with van der Waals surface area (Å²) in [4.78, 5) is 10.2. The number of nitrogen functional groups attached to an aromatic ring is 1. The lowest BCUT2D eigenvalue weighted by Crippen LogP contribution is -2.23. The van der Waals surface area contributed by atoms with Gasteiger partial charge < -0.3 is 21.3 Å². The highest BCUT2D eigenvalue weighted by molar-refractivity contribution is 7.18. The molecule has 0 fully saturated rings. The van der Waals surface area contributed by atoms with E-state index in [1.807, 2.05) is 13.0 Å². The number of aromatic nitrogens is 2. The first-order chi connectivity index (χ1) is 8.10. The van der Waals surface area contributed by atoms with Crippen molar-refractivity contribution in [3.05, 3.63) is 10.9 Å². The standard InChI is InChI=1S/C10H14N4O2S/c1-5-2-7-8(12-3-6(16)4-15)13-10(11)14-9(7)17-5/h2,6,15-16H,3-4H2,1H3,(H3,11,12,13,14). The Morgan fingerprint density at radius 2 is 2.29 bits per heavy atom. The zero-order chi connectivity index (χ0) is 12.4. The fourth-order valence-corrected chi connectivity index (χ4v) is 2.36. The molecule has 1 atom stereocenters. The number of rotatable bonds is 4. The summed E-state index contributed by atoms with van der Waals surface area (Å²) in [5, 5.41) is 21.9. The summed E-state index contributed by atoms with van der Waals surface area (Å²) in [5.74, 6) is 0.782. The molecule has 0 aliphatic carbocycles. The molecule has 7 heteroatoms. The predicted molar refractivity (Wildman–Crippen MR) is 68.1 cm³/mol. The van der Waals surface area contributed by atoms with Gasteiger partial charge in [0.15, 0.2) is 0 Å². The molecule has 6 nitrogen and oxygen atoms in total. The molecule has 5 N–H and O–H groups in total. The van der Waals surface area contributed by atoms with Crippen molar-refractivity contribution in [1.29, 1.82) is 0 Å². The Balaban J connectivity index is 2.31. The Hall–Kier alpha value is -1.44. The van der Waals surface area contributed by atoms with Gasteiger partial charge in [-0.2, -0.15) is 4.98 Å². The van der Waals surface area contributed by atoms with Crippen molar-refractivity contribution in [2.75, 3.05) is 24.2 Å². The second kappa shape index (κ2) is 4.82. The fraction of sp³-hybridized carbons (Fsp3) is 0.400. The number of aliphatic hydroxyl groups excluding tert-OH is 2. The van der Waals surface area contributed by atoms with Crippen molar-refractivity contribution in [1.82, 2.24) is 9.97 Å². The van der Waals surface area contributed by atoms with Gasteiger partial charge in [0.05, 0.1) is 18.1 Å². The number of nitrogens with one attached hydrogen (secondary N) is 1.